The number of carboxylic acids is 1. The van der Waals surface area contributed by atoms with Gasteiger partial charge in [0.25, 0.3) is 0 Å². The van der Waals surface area contributed by atoms with Gasteiger partial charge in [-0.05, 0) is 49.8 Å². The molecular weight excluding hydrogens is 490 g/mol. The zero-order valence-electron chi connectivity index (χ0n) is 22.3. The van der Waals surface area contributed by atoms with E-state index >= 15 is 0 Å². The fraction of sp³-hybridized carbons (Fsp3) is 0.679. The standard InChI is InChI=1S/C28H41N3O7/c1-2-3-11-29(13-6-15-32)26(34)18-31-17-21(20-8-9-23-24(16-20)38-19-37-23)27(28(35)36)22(31)10-14-30-12-5-4-7-25(30)33/h8-9,16,21-22,27,32H,2-7,10-15,17-19H2,1H3,(H,35,36)/t21-,22+,27?/m1/s1. The number of hydrogen-bond acceptors (Lipinski definition) is 7. The summed E-state index contributed by atoms with van der Waals surface area (Å²) in [6, 6.07) is 5.16. The van der Waals surface area contributed by atoms with Crippen molar-refractivity contribution < 1.29 is 34.1 Å². The first-order valence-corrected chi connectivity index (χ1v) is 14.0. The topological polar surface area (TPSA) is 120 Å². The summed E-state index contributed by atoms with van der Waals surface area (Å²) in [6.07, 6.45) is 5.20. The van der Waals surface area contributed by atoms with E-state index in [1.165, 1.54) is 0 Å². The van der Waals surface area contributed by atoms with Gasteiger partial charge in [-0.2, -0.15) is 0 Å². The van der Waals surface area contributed by atoms with Crippen LogP contribution in [0, 0.1) is 5.92 Å². The molecule has 1 unspecified atom stereocenters. The molecule has 38 heavy (non-hydrogen) atoms. The van der Waals surface area contributed by atoms with Crippen LogP contribution in [-0.2, 0) is 14.4 Å². The van der Waals surface area contributed by atoms with E-state index in [9.17, 15) is 24.6 Å². The van der Waals surface area contributed by atoms with Crippen LogP contribution in [-0.4, -0.2) is 101 Å². The lowest BCUT2D eigenvalue weighted by Gasteiger charge is -2.32. The van der Waals surface area contributed by atoms with Crippen LogP contribution >= 0.6 is 0 Å². The van der Waals surface area contributed by atoms with Gasteiger partial charge in [0.15, 0.2) is 11.5 Å². The van der Waals surface area contributed by atoms with Crippen molar-refractivity contribution in [2.24, 2.45) is 5.92 Å². The second-order valence-electron chi connectivity index (χ2n) is 10.5. The monoisotopic (exact) mass is 531 g/mol. The molecule has 0 saturated carbocycles. The van der Waals surface area contributed by atoms with E-state index in [4.69, 9.17) is 9.47 Å². The molecule has 0 spiro atoms. The Balaban J connectivity index is 1.57. The molecule has 1 aromatic carbocycles. The summed E-state index contributed by atoms with van der Waals surface area (Å²) in [5.41, 5.74) is 0.846. The van der Waals surface area contributed by atoms with Gasteiger partial charge >= 0.3 is 5.97 Å². The van der Waals surface area contributed by atoms with E-state index in [2.05, 4.69) is 6.92 Å². The second kappa shape index (κ2) is 13.3. The van der Waals surface area contributed by atoms with Crippen molar-refractivity contribution in [1.29, 1.82) is 0 Å². The fourth-order valence-corrected chi connectivity index (χ4v) is 5.97. The molecule has 4 rings (SSSR count). The van der Waals surface area contributed by atoms with Crippen molar-refractivity contribution in [3.8, 4) is 11.5 Å². The molecule has 3 aliphatic rings. The summed E-state index contributed by atoms with van der Waals surface area (Å²) in [4.78, 5) is 44.2. The molecule has 0 radical (unpaired) electrons. The zero-order chi connectivity index (χ0) is 27.1. The third kappa shape index (κ3) is 6.58. The highest BCUT2D eigenvalue weighted by atomic mass is 16.7. The van der Waals surface area contributed by atoms with E-state index in [1.807, 2.05) is 28.0 Å². The number of unbranched alkanes of at least 4 members (excludes halogenated alkanes) is 1. The van der Waals surface area contributed by atoms with Crippen molar-refractivity contribution in [3.05, 3.63) is 23.8 Å². The van der Waals surface area contributed by atoms with Gasteiger partial charge in [0.2, 0.25) is 18.6 Å². The maximum atomic E-state index is 13.4. The Morgan fingerprint density at radius 2 is 1.92 bits per heavy atom. The van der Waals surface area contributed by atoms with E-state index in [-0.39, 0.29) is 37.7 Å². The molecule has 210 valence electrons. The lowest BCUT2D eigenvalue weighted by molar-refractivity contribution is -0.144. The van der Waals surface area contributed by atoms with Crippen molar-refractivity contribution in [3.63, 3.8) is 0 Å². The number of aliphatic carboxylic acids is 1. The van der Waals surface area contributed by atoms with Gasteiger partial charge in [-0.15, -0.1) is 0 Å². The number of aliphatic hydroxyl groups excluding tert-OH is 1. The van der Waals surface area contributed by atoms with Crippen LogP contribution in [0.25, 0.3) is 0 Å². The van der Waals surface area contributed by atoms with Crippen LogP contribution in [0.5, 0.6) is 11.5 Å². The number of rotatable bonds is 13. The van der Waals surface area contributed by atoms with Gasteiger partial charge in [-0.3, -0.25) is 19.3 Å². The number of likely N-dealkylation sites (tertiary alicyclic amines) is 2. The third-order valence-electron chi connectivity index (χ3n) is 8.03. The number of aliphatic hydroxyl groups is 1. The minimum atomic E-state index is -0.902. The zero-order valence-corrected chi connectivity index (χ0v) is 22.3. The largest absolute Gasteiger partial charge is 0.481 e. The van der Waals surface area contributed by atoms with Gasteiger partial charge in [0.1, 0.15) is 0 Å². The maximum absolute atomic E-state index is 13.4. The van der Waals surface area contributed by atoms with E-state index in [0.717, 1.165) is 31.2 Å². The number of benzene rings is 1. The second-order valence-corrected chi connectivity index (χ2v) is 10.5. The minimum absolute atomic E-state index is 0.0133. The van der Waals surface area contributed by atoms with Gasteiger partial charge in [-0.25, -0.2) is 0 Å². The first-order chi connectivity index (χ1) is 18.4. The number of ether oxygens (including phenoxy) is 2. The minimum Gasteiger partial charge on any atom is -0.481 e. The number of amides is 2. The van der Waals surface area contributed by atoms with Crippen LogP contribution in [0.1, 0.15) is 63.4 Å². The van der Waals surface area contributed by atoms with Gasteiger partial charge < -0.3 is 29.5 Å². The van der Waals surface area contributed by atoms with E-state index in [0.29, 0.717) is 63.5 Å². The Kier molecular flexibility index (Phi) is 9.85. The fourth-order valence-electron chi connectivity index (χ4n) is 5.97. The molecule has 0 aromatic heterocycles. The lowest BCUT2D eigenvalue weighted by atomic mass is 9.84. The highest BCUT2D eigenvalue weighted by Crippen LogP contribution is 2.42. The summed E-state index contributed by atoms with van der Waals surface area (Å²) in [7, 11) is 0. The lowest BCUT2D eigenvalue weighted by Crippen LogP contribution is -2.46. The molecule has 0 bridgehead atoms. The normalized spacial score (nSPS) is 23.2. The summed E-state index contributed by atoms with van der Waals surface area (Å²) in [6.45, 7) is 5.02. The van der Waals surface area contributed by atoms with Crippen LogP contribution in [0.15, 0.2) is 18.2 Å². The number of nitrogens with zero attached hydrogens (tertiary/aromatic N) is 3. The van der Waals surface area contributed by atoms with Crippen molar-refractivity contribution in [2.45, 2.75) is 63.8 Å². The smallest absolute Gasteiger partial charge is 0.308 e. The van der Waals surface area contributed by atoms with Crippen molar-refractivity contribution >= 4 is 17.8 Å². The molecule has 2 N–H and O–H groups in total. The summed E-state index contributed by atoms with van der Waals surface area (Å²) in [5, 5.41) is 19.7. The molecule has 10 heteroatoms. The number of piperidine rings is 1. The highest BCUT2D eigenvalue weighted by Gasteiger charge is 2.47. The Bertz CT molecular complexity index is 979. The highest BCUT2D eigenvalue weighted by molar-refractivity contribution is 5.79. The predicted molar refractivity (Wildman–Crippen MR) is 140 cm³/mol. The van der Waals surface area contributed by atoms with Crippen LogP contribution < -0.4 is 9.47 Å². The number of carboxylic acid groups (broad SMARTS) is 1. The number of hydrogen-bond donors (Lipinski definition) is 2. The number of fused-ring (bicyclic) bond motifs is 1. The average Bonchev–Trinajstić information content (AvgIpc) is 3.52. The first kappa shape index (κ1) is 28.2. The first-order valence-electron chi connectivity index (χ1n) is 14.0. The van der Waals surface area contributed by atoms with Crippen LogP contribution in [0.4, 0.5) is 0 Å². The molecule has 1 aromatic rings. The van der Waals surface area contributed by atoms with Crippen LogP contribution in [0.3, 0.4) is 0 Å². The molecule has 3 heterocycles. The Morgan fingerprint density at radius 1 is 1.13 bits per heavy atom. The summed E-state index contributed by atoms with van der Waals surface area (Å²) >= 11 is 0. The average molecular weight is 532 g/mol. The Labute approximate surface area is 224 Å². The molecule has 10 nitrogen and oxygen atoms in total. The Hall–Kier alpha value is -2.85. The van der Waals surface area contributed by atoms with Crippen molar-refractivity contribution in [2.75, 3.05) is 52.7 Å². The Morgan fingerprint density at radius 3 is 2.66 bits per heavy atom. The molecular formula is C28H41N3O7. The maximum Gasteiger partial charge on any atom is 0.308 e. The molecule has 3 aliphatic heterocycles. The van der Waals surface area contributed by atoms with Gasteiger partial charge in [0.05, 0.1) is 12.5 Å². The molecule has 2 fully saturated rings. The quantitative estimate of drug-likeness (QED) is 0.398. The van der Waals surface area contributed by atoms with E-state index in [1.54, 1.807) is 4.90 Å². The molecule has 2 amide bonds. The summed E-state index contributed by atoms with van der Waals surface area (Å²) in [5.74, 6) is -0.663. The third-order valence-corrected chi connectivity index (χ3v) is 8.03. The predicted octanol–water partition coefficient (Wildman–Crippen LogP) is 2.30. The number of carbonyl (C=O) groups excluding carboxylic acids is 2. The number of carbonyl (C=O) groups is 3. The molecule has 0 aliphatic carbocycles. The molecule has 3 atom stereocenters. The molecule has 2 saturated heterocycles. The van der Waals surface area contributed by atoms with Gasteiger partial charge in [0, 0.05) is 57.7 Å². The summed E-state index contributed by atoms with van der Waals surface area (Å²) < 4.78 is 11.0. The van der Waals surface area contributed by atoms with Crippen LogP contribution in [0.2, 0.25) is 0 Å². The van der Waals surface area contributed by atoms with Gasteiger partial charge in [-0.1, -0.05) is 19.4 Å². The van der Waals surface area contributed by atoms with E-state index < -0.39 is 17.9 Å². The SMILES string of the molecule is CCCCN(CCCO)C(=O)CN1C[C@H](c2ccc3c(c2)OCO3)C(C(=O)O)[C@@H]1CCN1CCCCC1=O. The van der Waals surface area contributed by atoms with Crippen molar-refractivity contribution in [1.82, 2.24) is 14.7 Å².